The number of aliphatic hydroxyl groups excluding tert-OH is 1. The molecule has 94 valence electrons. The second-order valence-corrected chi connectivity index (χ2v) is 4.48. The van der Waals surface area contributed by atoms with Crippen LogP contribution in [0.4, 0.5) is 10.1 Å². The number of nitrogens with zero attached hydrogens (tertiary/aromatic N) is 1. The molecule has 1 fully saturated rings. The molecule has 2 rings (SSSR count). The molecule has 1 aliphatic rings. The van der Waals surface area contributed by atoms with Crippen molar-refractivity contribution in [3.8, 4) is 0 Å². The van der Waals surface area contributed by atoms with Crippen molar-refractivity contribution in [1.82, 2.24) is 0 Å². The van der Waals surface area contributed by atoms with Gasteiger partial charge in [0.15, 0.2) is 0 Å². The van der Waals surface area contributed by atoms with Crippen LogP contribution < -0.4 is 10.6 Å². The van der Waals surface area contributed by atoms with E-state index in [-0.39, 0.29) is 18.5 Å². The SMILES string of the molecule is NCc1cccc(F)c1N1CCCCC1CO. The van der Waals surface area contributed by atoms with Gasteiger partial charge in [0.1, 0.15) is 5.82 Å². The third-order valence-electron chi connectivity index (χ3n) is 3.42. The minimum absolute atomic E-state index is 0.0194. The lowest BCUT2D eigenvalue weighted by molar-refractivity contribution is 0.239. The van der Waals surface area contributed by atoms with Gasteiger partial charge >= 0.3 is 0 Å². The van der Waals surface area contributed by atoms with Crippen molar-refractivity contribution in [3.63, 3.8) is 0 Å². The smallest absolute Gasteiger partial charge is 0.146 e. The zero-order valence-electron chi connectivity index (χ0n) is 9.90. The molecule has 0 bridgehead atoms. The van der Waals surface area contributed by atoms with Gasteiger partial charge in [0, 0.05) is 13.1 Å². The Morgan fingerprint density at radius 3 is 2.94 bits per heavy atom. The van der Waals surface area contributed by atoms with E-state index in [9.17, 15) is 9.50 Å². The van der Waals surface area contributed by atoms with Gasteiger partial charge in [-0.3, -0.25) is 0 Å². The summed E-state index contributed by atoms with van der Waals surface area (Å²) in [7, 11) is 0. The number of aliphatic hydroxyl groups is 1. The van der Waals surface area contributed by atoms with Crippen LogP contribution in [0.25, 0.3) is 0 Å². The van der Waals surface area contributed by atoms with Crippen molar-refractivity contribution >= 4 is 5.69 Å². The topological polar surface area (TPSA) is 49.5 Å². The highest BCUT2D eigenvalue weighted by Gasteiger charge is 2.25. The first-order valence-electron chi connectivity index (χ1n) is 6.13. The number of benzene rings is 1. The Hall–Kier alpha value is -1.13. The zero-order valence-corrected chi connectivity index (χ0v) is 9.90. The molecule has 1 aromatic rings. The van der Waals surface area contributed by atoms with Gasteiger partial charge in [0.05, 0.1) is 18.3 Å². The second-order valence-electron chi connectivity index (χ2n) is 4.48. The number of piperidine rings is 1. The van der Waals surface area contributed by atoms with E-state index in [2.05, 4.69) is 0 Å². The molecule has 0 aliphatic carbocycles. The second kappa shape index (κ2) is 5.47. The highest BCUT2D eigenvalue weighted by molar-refractivity contribution is 5.56. The van der Waals surface area contributed by atoms with Crippen LogP contribution >= 0.6 is 0 Å². The number of para-hydroxylation sites is 1. The van der Waals surface area contributed by atoms with Crippen LogP contribution in [0.2, 0.25) is 0 Å². The summed E-state index contributed by atoms with van der Waals surface area (Å²) in [5.41, 5.74) is 7.05. The predicted octanol–water partition coefficient (Wildman–Crippen LogP) is 1.64. The first-order chi connectivity index (χ1) is 8.27. The van der Waals surface area contributed by atoms with E-state index in [0.29, 0.717) is 12.2 Å². The van der Waals surface area contributed by atoms with Crippen molar-refractivity contribution in [2.45, 2.75) is 31.8 Å². The molecule has 3 N–H and O–H groups in total. The number of hydrogen-bond acceptors (Lipinski definition) is 3. The summed E-state index contributed by atoms with van der Waals surface area (Å²) in [4.78, 5) is 1.97. The van der Waals surface area contributed by atoms with Gasteiger partial charge in [-0.15, -0.1) is 0 Å². The minimum Gasteiger partial charge on any atom is -0.394 e. The Labute approximate surface area is 101 Å². The van der Waals surface area contributed by atoms with Crippen molar-refractivity contribution < 1.29 is 9.50 Å². The number of nitrogens with two attached hydrogens (primary N) is 1. The Kier molecular flexibility index (Phi) is 3.97. The van der Waals surface area contributed by atoms with Gasteiger partial charge in [-0.1, -0.05) is 12.1 Å². The molecule has 1 heterocycles. The van der Waals surface area contributed by atoms with Gasteiger partial charge in [0.25, 0.3) is 0 Å². The molecule has 0 radical (unpaired) electrons. The van der Waals surface area contributed by atoms with Gasteiger partial charge in [-0.05, 0) is 30.9 Å². The summed E-state index contributed by atoms with van der Waals surface area (Å²) in [6.45, 7) is 1.18. The molecule has 0 amide bonds. The summed E-state index contributed by atoms with van der Waals surface area (Å²) in [5.74, 6) is -0.242. The average molecular weight is 238 g/mol. The molecule has 1 unspecified atom stereocenters. The molecule has 4 heteroatoms. The Bertz CT molecular complexity index is 384. The van der Waals surface area contributed by atoms with Crippen molar-refractivity contribution in [2.24, 2.45) is 5.73 Å². The molecule has 0 aromatic heterocycles. The third kappa shape index (κ3) is 2.42. The minimum atomic E-state index is -0.242. The summed E-state index contributed by atoms with van der Waals surface area (Å²) >= 11 is 0. The maximum atomic E-state index is 14.0. The van der Waals surface area contributed by atoms with Crippen LogP contribution in [0.5, 0.6) is 0 Å². The van der Waals surface area contributed by atoms with E-state index in [1.807, 2.05) is 11.0 Å². The van der Waals surface area contributed by atoms with Gasteiger partial charge < -0.3 is 15.7 Å². The van der Waals surface area contributed by atoms with E-state index >= 15 is 0 Å². The van der Waals surface area contributed by atoms with Crippen LogP contribution in [0.15, 0.2) is 18.2 Å². The fraction of sp³-hybridized carbons (Fsp3) is 0.538. The molecule has 1 saturated heterocycles. The highest BCUT2D eigenvalue weighted by Crippen LogP contribution is 2.30. The molecule has 1 aliphatic heterocycles. The average Bonchev–Trinajstić information content (AvgIpc) is 2.38. The quantitative estimate of drug-likeness (QED) is 0.841. The highest BCUT2D eigenvalue weighted by atomic mass is 19.1. The Morgan fingerprint density at radius 2 is 2.24 bits per heavy atom. The van der Waals surface area contributed by atoms with Crippen molar-refractivity contribution in [1.29, 1.82) is 0 Å². The van der Waals surface area contributed by atoms with Crippen LogP contribution in [-0.4, -0.2) is 24.3 Å². The van der Waals surface area contributed by atoms with E-state index < -0.39 is 0 Å². The van der Waals surface area contributed by atoms with E-state index in [1.165, 1.54) is 6.07 Å². The largest absolute Gasteiger partial charge is 0.394 e. The zero-order chi connectivity index (χ0) is 12.3. The normalized spacial score (nSPS) is 20.6. The summed E-state index contributed by atoms with van der Waals surface area (Å²) in [5, 5.41) is 9.38. The summed E-state index contributed by atoms with van der Waals surface area (Å²) in [6, 6.07) is 5.00. The van der Waals surface area contributed by atoms with Crippen LogP contribution in [0.3, 0.4) is 0 Å². The van der Waals surface area contributed by atoms with Crippen molar-refractivity contribution in [3.05, 3.63) is 29.6 Å². The van der Waals surface area contributed by atoms with Crippen LogP contribution in [-0.2, 0) is 6.54 Å². The lowest BCUT2D eigenvalue weighted by atomic mass is 10.00. The molecule has 17 heavy (non-hydrogen) atoms. The number of halogens is 1. The van der Waals surface area contributed by atoms with Crippen LogP contribution in [0, 0.1) is 5.82 Å². The third-order valence-corrected chi connectivity index (χ3v) is 3.42. The first kappa shape index (κ1) is 12.3. The van der Waals surface area contributed by atoms with Crippen LogP contribution in [0.1, 0.15) is 24.8 Å². The molecule has 3 nitrogen and oxygen atoms in total. The summed E-state index contributed by atoms with van der Waals surface area (Å²) in [6.07, 6.45) is 3.04. The number of anilines is 1. The van der Waals surface area contributed by atoms with Crippen molar-refractivity contribution in [2.75, 3.05) is 18.1 Å². The van der Waals surface area contributed by atoms with E-state index in [1.54, 1.807) is 6.07 Å². The molecule has 0 saturated carbocycles. The predicted molar refractivity (Wildman–Crippen MR) is 66.4 cm³/mol. The lowest BCUT2D eigenvalue weighted by Gasteiger charge is -2.37. The standard InChI is InChI=1S/C13H19FN2O/c14-12-6-3-4-10(8-15)13(12)16-7-2-1-5-11(16)9-17/h3-4,6,11,17H,1-2,5,7-9,15H2. The Balaban J connectivity index is 2.36. The molecular formula is C13H19FN2O. The molecular weight excluding hydrogens is 219 g/mol. The maximum absolute atomic E-state index is 14.0. The Morgan fingerprint density at radius 1 is 1.41 bits per heavy atom. The van der Waals surface area contributed by atoms with E-state index in [0.717, 1.165) is 31.4 Å². The maximum Gasteiger partial charge on any atom is 0.146 e. The molecule has 0 spiro atoms. The first-order valence-corrected chi connectivity index (χ1v) is 6.13. The summed E-state index contributed by atoms with van der Waals surface area (Å²) < 4.78 is 14.0. The fourth-order valence-electron chi connectivity index (χ4n) is 2.53. The fourth-order valence-corrected chi connectivity index (χ4v) is 2.53. The monoisotopic (exact) mass is 238 g/mol. The number of hydrogen-bond donors (Lipinski definition) is 2. The van der Waals surface area contributed by atoms with Gasteiger partial charge in [-0.2, -0.15) is 0 Å². The lowest BCUT2D eigenvalue weighted by Crippen LogP contribution is -2.43. The molecule has 1 aromatic carbocycles. The number of rotatable bonds is 3. The van der Waals surface area contributed by atoms with Gasteiger partial charge in [0.2, 0.25) is 0 Å². The van der Waals surface area contributed by atoms with Gasteiger partial charge in [-0.25, -0.2) is 4.39 Å². The molecule has 1 atom stereocenters. The van der Waals surface area contributed by atoms with E-state index in [4.69, 9.17) is 5.73 Å².